The van der Waals surface area contributed by atoms with Gasteiger partial charge in [0.1, 0.15) is 5.69 Å². The summed E-state index contributed by atoms with van der Waals surface area (Å²) in [5.41, 5.74) is 2.06. The van der Waals surface area contributed by atoms with E-state index in [1.165, 1.54) is 16.0 Å². The molecule has 0 spiro atoms. The zero-order chi connectivity index (χ0) is 21.4. The van der Waals surface area contributed by atoms with E-state index < -0.39 is 0 Å². The van der Waals surface area contributed by atoms with Gasteiger partial charge in [0.05, 0.1) is 10.6 Å². The van der Waals surface area contributed by atoms with E-state index in [4.69, 9.17) is 11.6 Å². The van der Waals surface area contributed by atoms with Gasteiger partial charge in [-0.1, -0.05) is 51.0 Å². The Labute approximate surface area is 205 Å². The van der Waals surface area contributed by atoms with E-state index in [1.807, 2.05) is 36.4 Å². The molecule has 0 saturated carbocycles. The Morgan fingerprint density at radius 3 is 2.37 bits per heavy atom. The molecular formula is C19H11Br3ClN5OS. The van der Waals surface area contributed by atoms with Gasteiger partial charge in [0.2, 0.25) is 5.13 Å². The average molecular weight is 633 g/mol. The van der Waals surface area contributed by atoms with E-state index >= 15 is 0 Å². The van der Waals surface area contributed by atoms with Crippen molar-refractivity contribution in [2.75, 3.05) is 0 Å². The minimum absolute atomic E-state index is 0.222. The molecule has 11 heteroatoms. The summed E-state index contributed by atoms with van der Waals surface area (Å²) < 4.78 is 3.75. The van der Waals surface area contributed by atoms with Crippen LogP contribution in [0.2, 0.25) is 5.02 Å². The van der Waals surface area contributed by atoms with Crippen LogP contribution in [0.4, 0.5) is 11.4 Å². The van der Waals surface area contributed by atoms with E-state index in [0.717, 1.165) is 23.9 Å². The van der Waals surface area contributed by atoms with Crippen LogP contribution in [0.3, 0.4) is 0 Å². The van der Waals surface area contributed by atoms with E-state index in [2.05, 4.69) is 68.1 Å². The first-order chi connectivity index (χ1) is 14.3. The van der Waals surface area contributed by atoms with Gasteiger partial charge in [0.15, 0.2) is 5.69 Å². The van der Waals surface area contributed by atoms with Crippen LogP contribution in [-0.4, -0.2) is 14.8 Å². The van der Waals surface area contributed by atoms with Gasteiger partial charge >= 0.3 is 5.56 Å². The van der Waals surface area contributed by atoms with E-state index in [9.17, 15) is 4.79 Å². The molecule has 0 amide bonds. The summed E-state index contributed by atoms with van der Waals surface area (Å²) in [5.74, 6) is 0. The number of azo groups is 1. The fourth-order valence-corrected chi connectivity index (χ4v) is 6.06. The molecule has 0 bridgehead atoms. The van der Waals surface area contributed by atoms with Crippen LogP contribution in [0.5, 0.6) is 0 Å². The third-order valence-electron chi connectivity index (χ3n) is 4.09. The molecule has 6 nitrogen and oxygen atoms in total. The van der Waals surface area contributed by atoms with E-state index in [-0.39, 0.29) is 11.2 Å². The summed E-state index contributed by atoms with van der Waals surface area (Å²) in [5, 5.41) is 12.7. The molecule has 4 rings (SSSR count). The standard InChI is InChI=1S/C19H11Br3ClN5OS/c1-9-16(25-26-17-13(21)6-11(20)7-14(17)22)18(29)28(27-9)19-24-8-15(30-19)10-2-4-12(23)5-3-10/h2-8,27H,1H3. The molecule has 0 aliphatic carbocycles. The van der Waals surface area contributed by atoms with Gasteiger partial charge in [0.25, 0.3) is 0 Å². The molecule has 1 N–H and O–H groups in total. The van der Waals surface area contributed by atoms with Crippen LogP contribution >= 0.6 is 70.7 Å². The number of rotatable bonds is 4. The quantitative estimate of drug-likeness (QED) is 0.232. The summed E-state index contributed by atoms with van der Waals surface area (Å²) in [4.78, 5) is 18.2. The Morgan fingerprint density at radius 1 is 1.07 bits per heavy atom. The second kappa shape index (κ2) is 8.88. The maximum Gasteiger partial charge on any atom is 0.301 e. The summed E-state index contributed by atoms with van der Waals surface area (Å²) in [6.07, 6.45) is 1.73. The molecule has 0 unspecified atom stereocenters. The van der Waals surface area contributed by atoms with E-state index in [1.54, 1.807) is 13.1 Å². The van der Waals surface area contributed by atoms with Crippen LogP contribution in [0, 0.1) is 6.92 Å². The molecule has 4 aromatic rings. The summed E-state index contributed by atoms with van der Waals surface area (Å²) >= 11 is 17.7. The van der Waals surface area contributed by atoms with Crippen LogP contribution in [0.25, 0.3) is 15.6 Å². The Bertz CT molecular complexity index is 1300. The topological polar surface area (TPSA) is 75.4 Å². The number of nitrogens with zero attached hydrogens (tertiary/aromatic N) is 4. The normalized spacial score (nSPS) is 11.5. The van der Waals surface area contributed by atoms with Crippen molar-refractivity contribution >= 4 is 82.1 Å². The van der Waals surface area contributed by atoms with Crippen molar-refractivity contribution < 1.29 is 0 Å². The highest BCUT2D eigenvalue weighted by Crippen LogP contribution is 2.37. The van der Waals surface area contributed by atoms with Crippen LogP contribution < -0.4 is 5.56 Å². The lowest BCUT2D eigenvalue weighted by Gasteiger charge is -2.01. The molecule has 2 aromatic heterocycles. The highest BCUT2D eigenvalue weighted by Gasteiger charge is 2.16. The Kier molecular flexibility index (Phi) is 6.40. The zero-order valence-electron chi connectivity index (χ0n) is 15.2. The van der Waals surface area contributed by atoms with Crippen LogP contribution in [0.15, 0.2) is 71.0 Å². The van der Waals surface area contributed by atoms with Gasteiger partial charge in [-0.05, 0) is 68.6 Å². The predicted octanol–water partition coefficient (Wildman–Crippen LogP) is 7.95. The summed E-state index contributed by atoms with van der Waals surface area (Å²) in [7, 11) is 0. The van der Waals surface area contributed by atoms with Crippen LogP contribution in [-0.2, 0) is 0 Å². The Balaban J connectivity index is 1.68. The monoisotopic (exact) mass is 629 g/mol. The maximum absolute atomic E-state index is 12.9. The van der Waals surface area contributed by atoms with Gasteiger partial charge in [0, 0.05) is 24.6 Å². The molecule has 30 heavy (non-hydrogen) atoms. The zero-order valence-corrected chi connectivity index (χ0v) is 21.5. The van der Waals surface area contributed by atoms with Gasteiger partial charge in [-0.15, -0.1) is 10.2 Å². The van der Waals surface area contributed by atoms with Crippen molar-refractivity contribution in [3.05, 3.63) is 77.1 Å². The van der Waals surface area contributed by atoms with Crippen molar-refractivity contribution in [1.82, 2.24) is 14.8 Å². The number of benzene rings is 2. The van der Waals surface area contributed by atoms with Crippen molar-refractivity contribution in [2.45, 2.75) is 6.92 Å². The van der Waals surface area contributed by atoms with Crippen molar-refractivity contribution in [3.8, 4) is 15.6 Å². The number of hydrogen-bond donors (Lipinski definition) is 1. The lowest BCUT2D eigenvalue weighted by Crippen LogP contribution is -2.13. The molecule has 2 heterocycles. The van der Waals surface area contributed by atoms with E-state index in [0.29, 0.717) is 21.5 Å². The highest BCUT2D eigenvalue weighted by atomic mass is 79.9. The first kappa shape index (κ1) is 21.6. The number of aromatic nitrogens is 3. The van der Waals surface area contributed by atoms with Gasteiger partial charge < -0.3 is 0 Å². The van der Waals surface area contributed by atoms with Gasteiger partial charge in [-0.2, -0.15) is 4.68 Å². The number of halogens is 4. The first-order valence-electron chi connectivity index (χ1n) is 8.43. The number of thiazole rings is 1. The molecule has 2 aromatic carbocycles. The molecule has 0 fully saturated rings. The lowest BCUT2D eigenvalue weighted by atomic mass is 10.2. The first-order valence-corrected chi connectivity index (χ1v) is 12.0. The number of H-pyrrole nitrogens is 1. The third-order valence-corrected chi connectivity index (χ3v) is 7.04. The van der Waals surface area contributed by atoms with Gasteiger partial charge in [-0.25, -0.2) is 4.98 Å². The second-order valence-corrected chi connectivity index (χ2v) is 10.2. The molecule has 0 aliphatic heterocycles. The maximum atomic E-state index is 12.9. The number of aromatic amines is 1. The van der Waals surface area contributed by atoms with Crippen LogP contribution in [0.1, 0.15) is 5.69 Å². The fraction of sp³-hybridized carbons (Fsp3) is 0.0526. The molecule has 0 radical (unpaired) electrons. The Morgan fingerprint density at radius 2 is 1.70 bits per heavy atom. The van der Waals surface area contributed by atoms with Crippen molar-refractivity contribution in [3.63, 3.8) is 0 Å². The smallest absolute Gasteiger partial charge is 0.291 e. The predicted molar refractivity (Wildman–Crippen MR) is 131 cm³/mol. The van der Waals surface area contributed by atoms with Gasteiger partial charge in [-0.3, -0.25) is 9.89 Å². The molecule has 0 atom stereocenters. The largest absolute Gasteiger partial charge is 0.301 e. The number of nitrogens with one attached hydrogen (secondary N) is 1. The Hall–Kier alpha value is -1.59. The SMILES string of the molecule is Cc1[nH]n(-c2ncc(-c3ccc(Cl)cc3)s2)c(=O)c1N=Nc1c(Br)cc(Br)cc1Br. The molecular weight excluding hydrogens is 621 g/mol. The lowest BCUT2D eigenvalue weighted by molar-refractivity contribution is 0.826. The summed E-state index contributed by atoms with van der Waals surface area (Å²) in [6.45, 7) is 1.77. The number of aryl methyl sites for hydroxylation is 1. The molecule has 152 valence electrons. The highest BCUT2D eigenvalue weighted by molar-refractivity contribution is 9.11. The molecule has 0 saturated heterocycles. The number of hydrogen-bond acceptors (Lipinski definition) is 5. The van der Waals surface area contributed by atoms with Crippen molar-refractivity contribution in [2.24, 2.45) is 10.2 Å². The average Bonchev–Trinajstić information content (AvgIpc) is 3.27. The van der Waals surface area contributed by atoms with Crippen molar-refractivity contribution in [1.29, 1.82) is 0 Å². The third kappa shape index (κ3) is 4.38. The fourth-order valence-electron chi connectivity index (χ4n) is 2.64. The second-order valence-electron chi connectivity index (χ2n) is 6.16. The molecule has 0 aliphatic rings. The summed E-state index contributed by atoms with van der Waals surface area (Å²) in [6, 6.07) is 11.2. The minimum atomic E-state index is -0.322. The minimum Gasteiger partial charge on any atom is -0.291 e.